The van der Waals surface area contributed by atoms with Crippen molar-refractivity contribution in [3.63, 3.8) is 0 Å². The summed E-state index contributed by atoms with van der Waals surface area (Å²) in [4.78, 5) is 13.6. The molecule has 176 valence electrons. The van der Waals surface area contributed by atoms with Crippen LogP contribution in [0.2, 0.25) is 0 Å². The first-order valence-corrected chi connectivity index (χ1v) is 11.2. The van der Waals surface area contributed by atoms with Crippen molar-refractivity contribution in [2.45, 2.75) is 38.5 Å². The van der Waals surface area contributed by atoms with E-state index >= 15 is 0 Å². The Kier molecular flexibility index (Phi) is 5.43. The summed E-state index contributed by atoms with van der Waals surface area (Å²) < 4.78 is 16.4. The predicted molar refractivity (Wildman–Crippen MR) is 125 cm³/mol. The minimum Gasteiger partial charge on any atom is -0.504 e. The topological polar surface area (TPSA) is 114 Å². The number of Topliss-reactive ketones (excluding diaryl/α,β-unsaturated/α-hetero) is 1. The molecule has 1 aliphatic heterocycles. The quantitative estimate of drug-likeness (QED) is 0.497. The van der Waals surface area contributed by atoms with Gasteiger partial charge >= 0.3 is 0 Å². The lowest BCUT2D eigenvalue weighted by atomic mass is 9.72. The molecule has 2 aliphatic rings. The number of aryl methyl sites for hydroxylation is 1. The first-order chi connectivity index (χ1) is 16.4. The number of hydrogen-bond acceptors (Lipinski definition) is 8. The number of ether oxygens (including phenoxy) is 2. The molecule has 0 spiro atoms. The van der Waals surface area contributed by atoms with Gasteiger partial charge in [0.25, 0.3) is 0 Å². The molecule has 0 unspecified atom stereocenters. The molecule has 3 aromatic rings. The highest BCUT2D eigenvalue weighted by Gasteiger charge is 2.41. The Morgan fingerprint density at radius 3 is 2.53 bits per heavy atom. The molecule has 0 bridgehead atoms. The van der Waals surface area contributed by atoms with Crippen molar-refractivity contribution < 1.29 is 29.0 Å². The van der Waals surface area contributed by atoms with Crippen molar-refractivity contribution >= 4 is 11.7 Å². The number of ketones is 1. The molecule has 2 heterocycles. The first kappa shape index (κ1) is 21.9. The van der Waals surface area contributed by atoms with Gasteiger partial charge in [-0.15, -0.1) is 0 Å². The van der Waals surface area contributed by atoms with Gasteiger partial charge in [0.1, 0.15) is 0 Å². The second kappa shape index (κ2) is 8.44. The molecule has 8 nitrogen and oxygen atoms in total. The van der Waals surface area contributed by atoms with Crippen molar-refractivity contribution in [2.24, 2.45) is 0 Å². The summed E-state index contributed by atoms with van der Waals surface area (Å²) >= 11 is 0. The van der Waals surface area contributed by atoms with Gasteiger partial charge in [-0.05, 0) is 61.6 Å². The normalized spacial score (nSPS) is 19.3. The van der Waals surface area contributed by atoms with E-state index in [4.69, 9.17) is 14.0 Å². The number of allylic oxidation sites excluding steroid dienone is 2. The molecule has 0 fully saturated rings. The minimum absolute atomic E-state index is 0.0214. The van der Waals surface area contributed by atoms with Crippen LogP contribution in [0.4, 0.5) is 5.88 Å². The Morgan fingerprint density at radius 2 is 1.79 bits per heavy atom. The van der Waals surface area contributed by atoms with Crippen LogP contribution in [0.3, 0.4) is 0 Å². The summed E-state index contributed by atoms with van der Waals surface area (Å²) in [7, 11) is 1.50. The fraction of sp³-hybridized carbons (Fsp3) is 0.308. The van der Waals surface area contributed by atoms with Crippen LogP contribution in [0.1, 0.15) is 54.0 Å². The number of nitrogens with zero attached hydrogens (tertiary/aromatic N) is 1. The molecule has 3 N–H and O–H groups in total. The van der Waals surface area contributed by atoms with E-state index in [1.165, 1.54) is 7.11 Å². The number of hydrogen-bond donors (Lipinski definition) is 3. The van der Waals surface area contributed by atoms with Gasteiger partial charge in [0.15, 0.2) is 28.8 Å². The fourth-order valence-corrected chi connectivity index (χ4v) is 4.97. The molecule has 2 atom stereocenters. The third kappa shape index (κ3) is 3.55. The molecule has 8 heteroatoms. The second-order valence-electron chi connectivity index (χ2n) is 8.58. The van der Waals surface area contributed by atoms with E-state index in [9.17, 15) is 15.0 Å². The van der Waals surface area contributed by atoms with Crippen LogP contribution in [-0.2, 0) is 4.79 Å². The summed E-state index contributed by atoms with van der Waals surface area (Å²) in [6.45, 7) is 4.11. The van der Waals surface area contributed by atoms with Gasteiger partial charge in [0.2, 0.25) is 5.88 Å². The number of carbonyl (C=O) groups excluding carboxylic acids is 1. The van der Waals surface area contributed by atoms with E-state index in [0.717, 1.165) is 22.4 Å². The molecule has 0 saturated carbocycles. The monoisotopic (exact) mass is 462 g/mol. The minimum atomic E-state index is -0.389. The summed E-state index contributed by atoms with van der Waals surface area (Å²) in [5.41, 5.74) is 4.70. The van der Waals surface area contributed by atoms with Gasteiger partial charge in [-0.3, -0.25) is 4.79 Å². The lowest BCUT2D eigenvalue weighted by molar-refractivity contribution is -0.116. The van der Waals surface area contributed by atoms with Gasteiger partial charge in [0, 0.05) is 23.6 Å². The second-order valence-corrected chi connectivity index (χ2v) is 8.58. The Labute approximate surface area is 196 Å². The van der Waals surface area contributed by atoms with Crippen LogP contribution in [0.15, 0.2) is 52.2 Å². The van der Waals surface area contributed by atoms with Crippen molar-refractivity contribution in [2.75, 3.05) is 19.0 Å². The third-order valence-electron chi connectivity index (χ3n) is 6.55. The average Bonchev–Trinajstić information content (AvgIpc) is 3.19. The zero-order valence-electron chi connectivity index (χ0n) is 19.2. The van der Waals surface area contributed by atoms with E-state index < -0.39 is 0 Å². The zero-order valence-corrected chi connectivity index (χ0v) is 19.2. The van der Waals surface area contributed by atoms with E-state index in [0.29, 0.717) is 48.1 Å². The number of phenolic OH excluding ortho intramolecular Hbond substituents is 2. The Morgan fingerprint density at radius 1 is 1.09 bits per heavy atom. The number of rotatable bonds is 5. The van der Waals surface area contributed by atoms with E-state index in [1.54, 1.807) is 30.3 Å². The van der Waals surface area contributed by atoms with Crippen LogP contribution in [-0.4, -0.2) is 34.9 Å². The zero-order chi connectivity index (χ0) is 24.0. The molecule has 5 rings (SSSR count). The van der Waals surface area contributed by atoms with Crippen molar-refractivity contribution in [3.05, 3.63) is 70.1 Å². The number of nitrogens with one attached hydrogen (secondary N) is 1. The van der Waals surface area contributed by atoms with Gasteiger partial charge in [0.05, 0.1) is 25.0 Å². The Bertz CT molecular complexity index is 1310. The largest absolute Gasteiger partial charge is 0.504 e. The predicted octanol–water partition coefficient (Wildman–Crippen LogP) is 4.76. The van der Waals surface area contributed by atoms with Gasteiger partial charge in [-0.25, -0.2) is 0 Å². The number of benzene rings is 2. The average molecular weight is 463 g/mol. The molecule has 2 aromatic carbocycles. The molecule has 1 aliphatic carbocycles. The summed E-state index contributed by atoms with van der Waals surface area (Å²) in [5.74, 6) is 0.916. The molecule has 1 aromatic heterocycles. The molecular formula is C26H26N2O6. The number of carbonyl (C=O) groups is 1. The lowest BCUT2D eigenvalue weighted by Gasteiger charge is -2.34. The highest BCUT2D eigenvalue weighted by molar-refractivity contribution is 6.01. The van der Waals surface area contributed by atoms with Gasteiger partial charge < -0.3 is 29.5 Å². The van der Waals surface area contributed by atoms with Gasteiger partial charge in [-0.2, -0.15) is 0 Å². The maximum absolute atomic E-state index is 13.6. The van der Waals surface area contributed by atoms with Crippen LogP contribution >= 0.6 is 0 Å². The van der Waals surface area contributed by atoms with E-state index in [-0.39, 0.29) is 29.1 Å². The van der Waals surface area contributed by atoms with Crippen LogP contribution in [0.25, 0.3) is 0 Å². The molecule has 0 radical (unpaired) electrons. The highest BCUT2D eigenvalue weighted by atomic mass is 16.5. The Balaban J connectivity index is 1.60. The fourth-order valence-electron chi connectivity index (χ4n) is 4.97. The SMILES string of the molecule is CCOc1cc([C@@H]2C3=C(C[C@H](c4ccc(O)c(OC)c4)CC3=O)Nc3onc(C)c32)ccc1O. The maximum atomic E-state index is 13.6. The summed E-state index contributed by atoms with van der Waals surface area (Å²) in [6.07, 6.45) is 0.905. The third-order valence-corrected chi connectivity index (χ3v) is 6.55. The van der Waals surface area contributed by atoms with Crippen molar-refractivity contribution in [3.8, 4) is 23.0 Å². The Hall–Kier alpha value is -3.94. The van der Waals surface area contributed by atoms with E-state index in [2.05, 4.69) is 10.5 Å². The smallest absolute Gasteiger partial charge is 0.233 e. The highest BCUT2D eigenvalue weighted by Crippen LogP contribution is 2.50. The van der Waals surface area contributed by atoms with Crippen LogP contribution in [0, 0.1) is 6.92 Å². The molecule has 0 amide bonds. The lowest BCUT2D eigenvalue weighted by Crippen LogP contribution is -2.29. The summed E-state index contributed by atoms with van der Waals surface area (Å²) in [5, 5.41) is 27.6. The number of aromatic nitrogens is 1. The van der Waals surface area contributed by atoms with Crippen LogP contribution in [0.5, 0.6) is 23.0 Å². The molecule has 0 saturated heterocycles. The van der Waals surface area contributed by atoms with Crippen LogP contribution < -0.4 is 14.8 Å². The number of phenols is 2. The maximum Gasteiger partial charge on any atom is 0.233 e. The number of aromatic hydroxyl groups is 2. The number of anilines is 1. The standard InChI is InChI=1S/C26H26N2O6/c1-4-33-22-12-15(6-8-19(22)30)24-23-13(2)28-34-26(23)27-17-9-16(10-20(31)25(17)24)14-5-7-18(29)21(11-14)32-3/h5-8,11-12,16,24,27,29-30H,4,9-10H2,1-3H3/t16-,24-/m0/s1. The van der Waals surface area contributed by atoms with Crippen molar-refractivity contribution in [1.82, 2.24) is 5.16 Å². The van der Waals surface area contributed by atoms with Crippen molar-refractivity contribution in [1.29, 1.82) is 0 Å². The number of methoxy groups -OCH3 is 1. The molecular weight excluding hydrogens is 436 g/mol. The summed E-state index contributed by atoms with van der Waals surface area (Å²) in [6, 6.07) is 10.4. The molecule has 34 heavy (non-hydrogen) atoms. The first-order valence-electron chi connectivity index (χ1n) is 11.2. The van der Waals surface area contributed by atoms with Gasteiger partial charge in [-0.1, -0.05) is 17.3 Å². The van der Waals surface area contributed by atoms with E-state index in [1.807, 2.05) is 19.9 Å². The number of fused-ring (bicyclic) bond motifs is 1.